The minimum absolute atomic E-state index is 0.302. The highest BCUT2D eigenvalue weighted by molar-refractivity contribution is 5.43. The van der Waals surface area contributed by atoms with Gasteiger partial charge in [0.15, 0.2) is 11.5 Å². The fourth-order valence-corrected chi connectivity index (χ4v) is 2.39. The summed E-state index contributed by atoms with van der Waals surface area (Å²) >= 11 is 0. The van der Waals surface area contributed by atoms with Crippen LogP contribution in [-0.4, -0.2) is 45.8 Å². The second kappa shape index (κ2) is 8.82. The molecule has 0 saturated heterocycles. The summed E-state index contributed by atoms with van der Waals surface area (Å²) in [6.45, 7) is 7.37. The second-order valence-electron chi connectivity index (χ2n) is 4.99. The summed E-state index contributed by atoms with van der Waals surface area (Å²) in [4.78, 5) is 2.35. The van der Waals surface area contributed by atoms with Crippen LogP contribution in [0.4, 0.5) is 0 Å². The minimum atomic E-state index is 0.302. The van der Waals surface area contributed by atoms with Crippen LogP contribution >= 0.6 is 0 Å². The van der Waals surface area contributed by atoms with Gasteiger partial charge in [-0.2, -0.15) is 0 Å². The Morgan fingerprint density at radius 1 is 1.15 bits per heavy atom. The molecule has 0 radical (unpaired) electrons. The Kier molecular flexibility index (Phi) is 7.41. The van der Waals surface area contributed by atoms with Crippen LogP contribution in [0.5, 0.6) is 11.5 Å². The van der Waals surface area contributed by atoms with Gasteiger partial charge in [0.25, 0.3) is 0 Å². The van der Waals surface area contributed by atoms with Crippen molar-refractivity contribution in [1.82, 2.24) is 10.2 Å². The lowest BCUT2D eigenvalue weighted by atomic mass is 10.1. The van der Waals surface area contributed by atoms with E-state index in [1.165, 1.54) is 12.0 Å². The molecule has 114 valence electrons. The first-order chi connectivity index (χ1) is 9.65. The van der Waals surface area contributed by atoms with Gasteiger partial charge in [0.1, 0.15) is 0 Å². The largest absolute Gasteiger partial charge is 0.493 e. The van der Waals surface area contributed by atoms with Crippen molar-refractivity contribution in [2.75, 3.05) is 40.9 Å². The Hall–Kier alpha value is -1.26. The third kappa shape index (κ3) is 4.69. The number of hydrogen-bond acceptors (Lipinski definition) is 4. The number of hydrogen-bond donors (Lipinski definition) is 1. The molecule has 4 heteroatoms. The fourth-order valence-electron chi connectivity index (χ4n) is 2.39. The summed E-state index contributed by atoms with van der Waals surface area (Å²) in [6.07, 6.45) is 1.17. The molecule has 0 saturated carbocycles. The molecule has 4 nitrogen and oxygen atoms in total. The molecule has 1 atom stereocenters. The minimum Gasteiger partial charge on any atom is -0.493 e. The summed E-state index contributed by atoms with van der Waals surface area (Å²) < 4.78 is 10.7. The van der Waals surface area contributed by atoms with Crippen LogP contribution < -0.4 is 14.8 Å². The van der Waals surface area contributed by atoms with E-state index in [1.54, 1.807) is 14.2 Å². The van der Waals surface area contributed by atoms with E-state index in [4.69, 9.17) is 9.47 Å². The van der Waals surface area contributed by atoms with Crippen molar-refractivity contribution in [2.45, 2.75) is 26.3 Å². The summed E-state index contributed by atoms with van der Waals surface area (Å²) in [5, 5.41) is 3.54. The number of nitrogens with one attached hydrogen (secondary N) is 1. The Morgan fingerprint density at radius 2 is 1.85 bits per heavy atom. The van der Waals surface area contributed by atoms with Gasteiger partial charge < -0.3 is 19.7 Å². The first-order valence-corrected chi connectivity index (χ1v) is 7.30. The second-order valence-corrected chi connectivity index (χ2v) is 4.99. The normalized spacial score (nSPS) is 12.5. The van der Waals surface area contributed by atoms with Crippen molar-refractivity contribution in [3.63, 3.8) is 0 Å². The third-order valence-corrected chi connectivity index (χ3v) is 3.36. The van der Waals surface area contributed by atoms with Crippen LogP contribution in [0.1, 0.15) is 31.9 Å². The average Bonchev–Trinajstić information content (AvgIpc) is 2.46. The van der Waals surface area contributed by atoms with Crippen LogP contribution in [0.25, 0.3) is 0 Å². The Balaban J connectivity index is 2.90. The van der Waals surface area contributed by atoms with Crippen molar-refractivity contribution >= 4 is 0 Å². The number of likely N-dealkylation sites (N-methyl/N-ethyl adjacent to an activating group) is 2. The lowest BCUT2D eigenvalue weighted by Crippen LogP contribution is -2.33. The predicted octanol–water partition coefficient (Wildman–Crippen LogP) is 2.70. The van der Waals surface area contributed by atoms with E-state index in [9.17, 15) is 0 Å². The van der Waals surface area contributed by atoms with Crippen molar-refractivity contribution < 1.29 is 9.47 Å². The molecule has 20 heavy (non-hydrogen) atoms. The SMILES string of the molecule is CCCN(C)CC(NCC)c1ccc(OC)c(OC)c1. The highest BCUT2D eigenvalue weighted by Crippen LogP contribution is 2.30. The quantitative estimate of drug-likeness (QED) is 0.754. The molecule has 1 rings (SSSR count). The van der Waals surface area contributed by atoms with Gasteiger partial charge in [0.05, 0.1) is 14.2 Å². The highest BCUT2D eigenvalue weighted by atomic mass is 16.5. The van der Waals surface area contributed by atoms with Gasteiger partial charge in [-0.1, -0.05) is 19.9 Å². The maximum atomic E-state index is 5.39. The zero-order chi connectivity index (χ0) is 15.0. The standard InChI is InChI=1S/C16H28N2O2/c1-6-10-18(3)12-14(17-7-2)13-8-9-15(19-4)16(11-13)20-5/h8-9,11,14,17H,6-7,10,12H2,1-5H3. The van der Waals surface area contributed by atoms with E-state index in [0.717, 1.165) is 31.1 Å². The Morgan fingerprint density at radius 3 is 2.40 bits per heavy atom. The molecule has 0 heterocycles. The Labute approximate surface area is 123 Å². The monoisotopic (exact) mass is 280 g/mol. The lowest BCUT2D eigenvalue weighted by Gasteiger charge is -2.25. The van der Waals surface area contributed by atoms with Gasteiger partial charge in [0, 0.05) is 12.6 Å². The maximum Gasteiger partial charge on any atom is 0.161 e. The molecule has 1 aromatic rings. The van der Waals surface area contributed by atoms with Crippen LogP contribution in [0.2, 0.25) is 0 Å². The molecular weight excluding hydrogens is 252 g/mol. The molecule has 0 aliphatic rings. The van der Waals surface area contributed by atoms with Crippen molar-refractivity contribution in [3.8, 4) is 11.5 Å². The van der Waals surface area contributed by atoms with Crippen molar-refractivity contribution in [3.05, 3.63) is 23.8 Å². The zero-order valence-electron chi connectivity index (χ0n) is 13.4. The van der Waals surface area contributed by atoms with E-state index in [2.05, 4.69) is 43.2 Å². The topological polar surface area (TPSA) is 33.7 Å². The van der Waals surface area contributed by atoms with Crippen molar-refractivity contribution in [2.24, 2.45) is 0 Å². The molecule has 0 aromatic heterocycles. The fraction of sp³-hybridized carbons (Fsp3) is 0.625. The molecule has 0 bridgehead atoms. The number of rotatable bonds is 9. The summed E-state index contributed by atoms with van der Waals surface area (Å²) in [6, 6.07) is 6.44. The van der Waals surface area contributed by atoms with E-state index in [1.807, 2.05) is 6.07 Å². The van der Waals surface area contributed by atoms with Gasteiger partial charge >= 0.3 is 0 Å². The summed E-state index contributed by atoms with van der Waals surface area (Å²) in [5.41, 5.74) is 1.23. The van der Waals surface area contributed by atoms with Gasteiger partial charge in [-0.15, -0.1) is 0 Å². The molecule has 1 unspecified atom stereocenters. The molecule has 0 spiro atoms. The van der Waals surface area contributed by atoms with E-state index in [-0.39, 0.29) is 0 Å². The third-order valence-electron chi connectivity index (χ3n) is 3.36. The van der Waals surface area contributed by atoms with Gasteiger partial charge in [-0.05, 0) is 44.3 Å². The van der Waals surface area contributed by atoms with Crippen LogP contribution in [0.15, 0.2) is 18.2 Å². The molecular formula is C16H28N2O2. The molecule has 1 N–H and O–H groups in total. The van der Waals surface area contributed by atoms with E-state index >= 15 is 0 Å². The molecule has 0 fully saturated rings. The molecule has 0 aliphatic carbocycles. The summed E-state index contributed by atoms with van der Waals surface area (Å²) in [7, 11) is 5.50. The first kappa shape index (κ1) is 16.8. The van der Waals surface area contributed by atoms with Gasteiger partial charge in [0.2, 0.25) is 0 Å². The molecule has 0 aliphatic heterocycles. The van der Waals surface area contributed by atoms with E-state index < -0.39 is 0 Å². The van der Waals surface area contributed by atoms with Gasteiger partial charge in [-0.3, -0.25) is 0 Å². The smallest absolute Gasteiger partial charge is 0.161 e. The van der Waals surface area contributed by atoms with Crippen LogP contribution in [0, 0.1) is 0 Å². The van der Waals surface area contributed by atoms with Crippen LogP contribution in [-0.2, 0) is 0 Å². The van der Waals surface area contributed by atoms with Crippen LogP contribution in [0.3, 0.4) is 0 Å². The highest BCUT2D eigenvalue weighted by Gasteiger charge is 2.15. The lowest BCUT2D eigenvalue weighted by molar-refractivity contribution is 0.291. The zero-order valence-corrected chi connectivity index (χ0v) is 13.4. The van der Waals surface area contributed by atoms with E-state index in [0.29, 0.717) is 6.04 Å². The van der Waals surface area contributed by atoms with Gasteiger partial charge in [-0.25, -0.2) is 0 Å². The van der Waals surface area contributed by atoms with Crippen molar-refractivity contribution in [1.29, 1.82) is 0 Å². The number of benzene rings is 1. The molecule has 1 aromatic carbocycles. The average molecular weight is 280 g/mol. The number of nitrogens with zero attached hydrogens (tertiary/aromatic N) is 1. The molecule has 0 amide bonds. The number of methoxy groups -OCH3 is 2. The Bertz CT molecular complexity index is 396. The summed E-state index contributed by atoms with van der Waals surface area (Å²) in [5.74, 6) is 1.56. The first-order valence-electron chi connectivity index (χ1n) is 7.30. The maximum absolute atomic E-state index is 5.39. The predicted molar refractivity (Wildman–Crippen MR) is 83.8 cm³/mol. The number of ether oxygens (including phenoxy) is 2.